The molecule has 2 aromatic carbocycles. The van der Waals surface area contributed by atoms with Gasteiger partial charge in [0.15, 0.2) is 18.1 Å². The summed E-state index contributed by atoms with van der Waals surface area (Å²) in [5.74, 6) is -0.122. The number of carboxylic acid groups (broad SMARTS) is 1. The molecule has 0 aliphatic carbocycles. The van der Waals surface area contributed by atoms with Crippen molar-refractivity contribution in [2.45, 2.75) is 20.8 Å². The first kappa shape index (κ1) is 24.2. The van der Waals surface area contributed by atoms with Crippen LogP contribution in [0.4, 0.5) is 4.79 Å². The molecule has 8 nitrogen and oxygen atoms in total. The number of benzene rings is 2. The van der Waals surface area contributed by atoms with Crippen molar-refractivity contribution in [1.29, 1.82) is 0 Å². The van der Waals surface area contributed by atoms with Crippen molar-refractivity contribution in [3.8, 4) is 17.2 Å². The lowest BCUT2D eigenvalue weighted by molar-refractivity contribution is -0.139. The number of hydrogen-bond acceptors (Lipinski definition) is 7. The molecule has 0 unspecified atom stereocenters. The van der Waals surface area contributed by atoms with E-state index in [0.29, 0.717) is 17.9 Å². The molecule has 1 saturated heterocycles. The van der Waals surface area contributed by atoms with Crippen LogP contribution in [-0.4, -0.2) is 53.5 Å². The van der Waals surface area contributed by atoms with Crippen LogP contribution in [0.2, 0.25) is 0 Å². The molecule has 2 aromatic rings. The Bertz CT molecular complexity index is 1100. The van der Waals surface area contributed by atoms with Gasteiger partial charge in [0.1, 0.15) is 12.4 Å². The number of hydrogen-bond donors (Lipinski definition) is 1. The molecule has 174 valence electrons. The summed E-state index contributed by atoms with van der Waals surface area (Å²) in [6.45, 7) is 5.88. The summed E-state index contributed by atoms with van der Waals surface area (Å²) in [7, 11) is 0. The van der Waals surface area contributed by atoms with Gasteiger partial charge < -0.3 is 19.3 Å². The molecule has 3 rings (SSSR count). The van der Waals surface area contributed by atoms with Crippen LogP contribution in [0, 0.1) is 13.8 Å². The second-order valence-electron chi connectivity index (χ2n) is 7.27. The molecule has 33 heavy (non-hydrogen) atoms. The molecule has 0 aromatic heterocycles. The fraction of sp³-hybridized carbons (Fsp3) is 0.292. The normalized spacial score (nSPS) is 14.6. The van der Waals surface area contributed by atoms with E-state index in [2.05, 4.69) is 0 Å². The highest BCUT2D eigenvalue weighted by atomic mass is 32.2. The zero-order chi connectivity index (χ0) is 24.0. The average Bonchev–Trinajstić information content (AvgIpc) is 3.03. The summed E-state index contributed by atoms with van der Waals surface area (Å²) in [6.07, 6.45) is 1.60. The molecular formula is C24H25NO7S. The van der Waals surface area contributed by atoms with Crippen molar-refractivity contribution >= 4 is 35.0 Å². The fourth-order valence-corrected chi connectivity index (χ4v) is 3.96. The van der Waals surface area contributed by atoms with E-state index in [1.165, 1.54) is 0 Å². The number of ether oxygens (including phenoxy) is 3. The van der Waals surface area contributed by atoms with Crippen LogP contribution in [0.25, 0.3) is 6.08 Å². The third-order valence-electron chi connectivity index (χ3n) is 4.71. The number of thioether (sulfide) groups is 1. The predicted molar refractivity (Wildman–Crippen MR) is 125 cm³/mol. The molecule has 0 atom stereocenters. The minimum absolute atomic E-state index is 0.140. The van der Waals surface area contributed by atoms with Crippen molar-refractivity contribution in [3.05, 3.63) is 58.0 Å². The minimum Gasteiger partial charge on any atom is -0.491 e. The maximum atomic E-state index is 12.8. The molecule has 2 amide bonds. The lowest BCUT2D eigenvalue weighted by Crippen LogP contribution is -2.32. The first-order chi connectivity index (χ1) is 15.8. The van der Waals surface area contributed by atoms with Gasteiger partial charge in [-0.15, -0.1) is 0 Å². The third-order valence-corrected chi connectivity index (χ3v) is 5.61. The van der Waals surface area contributed by atoms with E-state index in [9.17, 15) is 14.4 Å². The predicted octanol–water partition coefficient (Wildman–Crippen LogP) is 4.28. The van der Waals surface area contributed by atoms with Gasteiger partial charge in [-0.2, -0.15) is 0 Å². The van der Waals surface area contributed by atoms with Gasteiger partial charge in [0.25, 0.3) is 11.1 Å². The Morgan fingerprint density at radius 2 is 1.82 bits per heavy atom. The Morgan fingerprint density at radius 1 is 1.03 bits per heavy atom. The summed E-state index contributed by atoms with van der Waals surface area (Å²) in [4.78, 5) is 37.4. The number of aliphatic carboxylic acids is 1. The summed E-state index contributed by atoms with van der Waals surface area (Å²) >= 11 is 0.859. The number of amides is 2. The van der Waals surface area contributed by atoms with E-state index in [1.54, 1.807) is 31.2 Å². The van der Waals surface area contributed by atoms with Gasteiger partial charge in [-0.05, 0) is 73.5 Å². The highest BCUT2D eigenvalue weighted by Crippen LogP contribution is 2.34. The second-order valence-corrected chi connectivity index (χ2v) is 8.27. The van der Waals surface area contributed by atoms with Crippen LogP contribution in [0.5, 0.6) is 17.2 Å². The van der Waals surface area contributed by atoms with Gasteiger partial charge >= 0.3 is 5.97 Å². The number of carbonyl (C=O) groups is 3. The van der Waals surface area contributed by atoms with Crippen molar-refractivity contribution in [2.75, 3.05) is 26.4 Å². The van der Waals surface area contributed by atoms with Gasteiger partial charge in [0, 0.05) is 0 Å². The van der Waals surface area contributed by atoms with E-state index in [0.717, 1.165) is 33.5 Å². The summed E-state index contributed by atoms with van der Waals surface area (Å²) in [6, 6.07) is 10.7. The fourth-order valence-electron chi connectivity index (χ4n) is 3.10. The van der Waals surface area contributed by atoms with Crippen LogP contribution in [0.1, 0.15) is 23.6 Å². The molecule has 1 fully saturated rings. The lowest BCUT2D eigenvalue weighted by atomic mass is 10.1. The molecule has 1 aliphatic rings. The van der Waals surface area contributed by atoms with Crippen molar-refractivity contribution in [1.82, 2.24) is 4.90 Å². The number of rotatable bonds is 10. The quantitative estimate of drug-likeness (QED) is 0.512. The Labute approximate surface area is 196 Å². The number of carboxylic acids is 1. The molecule has 0 radical (unpaired) electrons. The minimum atomic E-state index is -1.10. The lowest BCUT2D eigenvalue weighted by Gasteiger charge is -2.14. The van der Waals surface area contributed by atoms with Crippen molar-refractivity contribution in [2.24, 2.45) is 0 Å². The average molecular weight is 472 g/mol. The zero-order valence-electron chi connectivity index (χ0n) is 18.6. The SMILES string of the molecule is CCOc1cc(/C=C2\SC(=O)N(CCOc3cc(C)ccc3C)C2=O)ccc1OCC(=O)O. The van der Waals surface area contributed by atoms with E-state index in [1.807, 2.05) is 32.0 Å². The molecule has 0 bridgehead atoms. The van der Waals surface area contributed by atoms with Crippen LogP contribution in [0.3, 0.4) is 0 Å². The largest absolute Gasteiger partial charge is 0.491 e. The van der Waals surface area contributed by atoms with Gasteiger partial charge in [-0.25, -0.2) is 4.79 Å². The molecular weight excluding hydrogens is 446 g/mol. The monoisotopic (exact) mass is 471 g/mol. The third kappa shape index (κ3) is 6.29. The van der Waals surface area contributed by atoms with Crippen LogP contribution < -0.4 is 14.2 Å². The first-order valence-electron chi connectivity index (χ1n) is 10.4. The number of aryl methyl sites for hydroxylation is 2. The Hall–Kier alpha value is -3.46. The highest BCUT2D eigenvalue weighted by molar-refractivity contribution is 8.18. The number of imide groups is 1. The first-order valence-corrected chi connectivity index (χ1v) is 11.2. The van der Waals surface area contributed by atoms with Crippen molar-refractivity contribution < 1.29 is 33.7 Å². The summed E-state index contributed by atoms with van der Waals surface area (Å²) in [5, 5.41) is 8.45. The maximum Gasteiger partial charge on any atom is 0.341 e. The smallest absolute Gasteiger partial charge is 0.341 e. The molecule has 0 saturated carbocycles. The van der Waals surface area contributed by atoms with E-state index >= 15 is 0 Å². The number of nitrogens with zero attached hydrogens (tertiary/aromatic N) is 1. The molecule has 0 spiro atoms. The molecule has 1 heterocycles. The van der Waals surface area contributed by atoms with E-state index in [-0.39, 0.29) is 29.0 Å². The topological polar surface area (TPSA) is 102 Å². The van der Waals surface area contributed by atoms with Gasteiger partial charge in [-0.1, -0.05) is 18.2 Å². The summed E-state index contributed by atoms with van der Waals surface area (Å²) in [5.41, 5.74) is 2.67. The Morgan fingerprint density at radius 3 is 2.55 bits per heavy atom. The maximum absolute atomic E-state index is 12.8. The van der Waals surface area contributed by atoms with E-state index < -0.39 is 18.5 Å². The standard InChI is InChI=1S/C24H25NO7S/c1-4-30-20-12-17(7-8-18(20)32-14-22(26)27)13-21-23(28)25(24(29)33-21)9-10-31-19-11-15(2)5-6-16(19)3/h5-8,11-13H,4,9-10,14H2,1-3H3,(H,26,27)/b21-13-. The zero-order valence-corrected chi connectivity index (χ0v) is 19.4. The van der Waals surface area contributed by atoms with Gasteiger partial charge in [0.2, 0.25) is 0 Å². The highest BCUT2D eigenvalue weighted by Gasteiger charge is 2.34. The Balaban J connectivity index is 1.68. The van der Waals surface area contributed by atoms with Crippen molar-refractivity contribution in [3.63, 3.8) is 0 Å². The summed E-state index contributed by atoms with van der Waals surface area (Å²) < 4.78 is 16.5. The van der Waals surface area contributed by atoms with Crippen LogP contribution in [0.15, 0.2) is 41.3 Å². The molecule has 1 N–H and O–H groups in total. The molecule has 1 aliphatic heterocycles. The Kier molecular flexibility index (Phi) is 8.00. The van der Waals surface area contributed by atoms with Gasteiger partial charge in [-0.3, -0.25) is 14.5 Å². The molecule has 9 heteroatoms. The second kappa shape index (κ2) is 10.9. The van der Waals surface area contributed by atoms with Gasteiger partial charge in [0.05, 0.1) is 18.1 Å². The number of carbonyl (C=O) groups excluding carboxylic acids is 2. The van der Waals surface area contributed by atoms with Crippen LogP contribution >= 0.6 is 11.8 Å². The van der Waals surface area contributed by atoms with Crippen LogP contribution in [-0.2, 0) is 9.59 Å². The van der Waals surface area contributed by atoms with E-state index in [4.69, 9.17) is 19.3 Å².